The number of hydrogen-bond acceptors (Lipinski definition) is 5. The lowest BCUT2D eigenvalue weighted by Crippen LogP contribution is -2.13. The van der Waals surface area contributed by atoms with Crippen LogP contribution in [0.3, 0.4) is 0 Å². The quantitative estimate of drug-likeness (QED) is 0.784. The number of thioether (sulfide) groups is 1. The Morgan fingerprint density at radius 1 is 1.23 bits per heavy atom. The number of aryl methyl sites for hydroxylation is 1. The Kier molecular flexibility index (Phi) is 3.24. The summed E-state index contributed by atoms with van der Waals surface area (Å²) in [4.78, 5) is 0. The van der Waals surface area contributed by atoms with Gasteiger partial charge in [-0.25, -0.2) is 0 Å². The molecule has 1 aromatic carbocycles. The Balaban J connectivity index is 1.78. The second kappa shape index (κ2) is 5.26. The van der Waals surface area contributed by atoms with Gasteiger partial charge >= 0.3 is 0 Å². The van der Waals surface area contributed by atoms with E-state index in [-0.39, 0.29) is 0 Å². The number of aromatic amines is 1. The molecule has 0 aliphatic carbocycles. The normalized spacial score (nSPS) is 13.8. The van der Waals surface area contributed by atoms with E-state index in [1.807, 2.05) is 37.3 Å². The summed E-state index contributed by atoms with van der Waals surface area (Å²) in [7, 11) is 0. The highest BCUT2D eigenvalue weighted by Gasteiger charge is 2.21. The molecule has 0 radical (unpaired) electrons. The molecule has 0 atom stereocenters. The molecule has 2 aromatic heterocycles. The van der Waals surface area contributed by atoms with Crippen LogP contribution in [0, 0.1) is 6.92 Å². The average molecular weight is 331 g/mol. The zero-order valence-corrected chi connectivity index (χ0v) is 13.2. The first-order chi connectivity index (χ1) is 10.7. The van der Waals surface area contributed by atoms with E-state index in [2.05, 4.69) is 25.5 Å². The first-order valence-corrected chi connectivity index (χ1v) is 8.01. The van der Waals surface area contributed by atoms with Gasteiger partial charge in [0.25, 0.3) is 0 Å². The Bertz CT molecular complexity index is 864. The van der Waals surface area contributed by atoms with Gasteiger partial charge in [-0.05, 0) is 30.7 Å². The molecule has 0 saturated carbocycles. The molecule has 0 bridgehead atoms. The maximum atomic E-state index is 5.94. The number of hydrogen-bond donors (Lipinski definition) is 1. The van der Waals surface area contributed by atoms with Gasteiger partial charge in [-0.2, -0.15) is 14.9 Å². The van der Waals surface area contributed by atoms with Gasteiger partial charge in [-0.15, -0.1) is 10.2 Å². The topological polar surface area (TPSA) is 71.8 Å². The van der Waals surface area contributed by atoms with Crippen LogP contribution in [0.15, 0.2) is 40.6 Å². The van der Waals surface area contributed by atoms with E-state index in [1.165, 1.54) is 0 Å². The summed E-state index contributed by atoms with van der Waals surface area (Å²) in [6.45, 7) is 1.95. The monoisotopic (exact) mass is 330 g/mol. The molecule has 0 fully saturated rings. The molecule has 0 unspecified atom stereocenters. The van der Waals surface area contributed by atoms with Crippen molar-refractivity contribution in [3.05, 3.63) is 46.6 Å². The SMILES string of the molecule is Cc1cc(-c2nnc3n2N=C(c2ccc(Cl)cc2)CS3)n[nH]1. The first kappa shape index (κ1) is 13.5. The Morgan fingerprint density at radius 2 is 2.05 bits per heavy atom. The number of nitrogens with zero attached hydrogens (tertiary/aromatic N) is 5. The molecule has 4 rings (SSSR count). The molecule has 22 heavy (non-hydrogen) atoms. The molecular formula is C14H11ClN6S. The van der Waals surface area contributed by atoms with Crippen molar-refractivity contribution >= 4 is 29.1 Å². The fourth-order valence-electron chi connectivity index (χ4n) is 2.20. The van der Waals surface area contributed by atoms with Gasteiger partial charge in [0.2, 0.25) is 11.0 Å². The lowest BCUT2D eigenvalue weighted by atomic mass is 10.1. The van der Waals surface area contributed by atoms with Crippen LogP contribution in [0.2, 0.25) is 5.02 Å². The summed E-state index contributed by atoms with van der Waals surface area (Å²) >= 11 is 7.55. The zero-order chi connectivity index (χ0) is 15.1. The van der Waals surface area contributed by atoms with Gasteiger partial charge < -0.3 is 0 Å². The number of halogens is 1. The van der Waals surface area contributed by atoms with Crippen molar-refractivity contribution < 1.29 is 0 Å². The van der Waals surface area contributed by atoms with Crippen LogP contribution in [0.4, 0.5) is 0 Å². The molecule has 6 nitrogen and oxygen atoms in total. The highest BCUT2D eigenvalue weighted by atomic mass is 35.5. The molecule has 1 aliphatic rings. The molecule has 8 heteroatoms. The summed E-state index contributed by atoms with van der Waals surface area (Å²) in [5.41, 5.74) is 3.71. The highest BCUT2D eigenvalue weighted by molar-refractivity contribution is 7.99. The van der Waals surface area contributed by atoms with Gasteiger partial charge in [0, 0.05) is 16.5 Å². The molecule has 0 saturated heterocycles. The Morgan fingerprint density at radius 3 is 2.77 bits per heavy atom. The van der Waals surface area contributed by atoms with E-state index in [0.717, 1.165) is 33.6 Å². The van der Waals surface area contributed by atoms with Gasteiger partial charge in [0.05, 0.1) is 5.71 Å². The summed E-state index contributed by atoms with van der Waals surface area (Å²) in [6.07, 6.45) is 0. The van der Waals surface area contributed by atoms with Gasteiger partial charge in [-0.3, -0.25) is 5.10 Å². The lowest BCUT2D eigenvalue weighted by molar-refractivity contribution is 0.760. The summed E-state index contributed by atoms with van der Waals surface area (Å²) < 4.78 is 1.74. The van der Waals surface area contributed by atoms with Crippen molar-refractivity contribution in [2.45, 2.75) is 12.1 Å². The van der Waals surface area contributed by atoms with Gasteiger partial charge in [0.1, 0.15) is 5.69 Å². The van der Waals surface area contributed by atoms with Gasteiger partial charge in [0.15, 0.2) is 0 Å². The molecule has 0 spiro atoms. The van der Waals surface area contributed by atoms with Crippen molar-refractivity contribution in [1.29, 1.82) is 0 Å². The zero-order valence-electron chi connectivity index (χ0n) is 11.6. The van der Waals surface area contributed by atoms with Crippen LogP contribution in [0.1, 0.15) is 11.3 Å². The van der Waals surface area contributed by atoms with E-state index < -0.39 is 0 Å². The summed E-state index contributed by atoms with van der Waals surface area (Å²) in [5.74, 6) is 1.39. The van der Waals surface area contributed by atoms with Crippen molar-refractivity contribution in [2.24, 2.45) is 5.10 Å². The standard InChI is InChI=1S/C14H11ClN6S/c1-8-6-11(17-16-8)13-18-19-14-21(13)20-12(7-22-14)9-2-4-10(15)5-3-9/h2-6H,7H2,1H3,(H,16,17). The molecule has 3 aromatic rings. The maximum absolute atomic E-state index is 5.94. The molecular weight excluding hydrogens is 320 g/mol. The smallest absolute Gasteiger partial charge is 0.212 e. The third-order valence-electron chi connectivity index (χ3n) is 3.28. The largest absolute Gasteiger partial charge is 0.282 e. The second-order valence-corrected chi connectivity index (χ2v) is 6.28. The van der Waals surface area contributed by atoms with Crippen LogP contribution in [-0.2, 0) is 0 Å². The third-order valence-corrected chi connectivity index (χ3v) is 4.47. The number of H-pyrrole nitrogens is 1. The Hall–Kier alpha value is -2.12. The average Bonchev–Trinajstić information content (AvgIpc) is 3.13. The lowest BCUT2D eigenvalue weighted by Gasteiger charge is -2.13. The number of aromatic nitrogens is 5. The van der Waals surface area contributed by atoms with E-state index >= 15 is 0 Å². The van der Waals surface area contributed by atoms with Crippen LogP contribution >= 0.6 is 23.4 Å². The fourth-order valence-corrected chi connectivity index (χ4v) is 3.17. The predicted octanol–water partition coefficient (Wildman–Crippen LogP) is 2.99. The number of fused-ring (bicyclic) bond motifs is 1. The van der Waals surface area contributed by atoms with Crippen molar-refractivity contribution in [1.82, 2.24) is 25.1 Å². The fraction of sp³-hybridized carbons (Fsp3) is 0.143. The minimum Gasteiger partial charge on any atom is -0.282 e. The third kappa shape index (κ3) is 2.32. The van der Waals surface area contributed by atoms with Crippen molar-refractivity contribution in [3.8, 4) is 11.5 Å². The van der Waals surface area contributed by atoms with E-state index in [9.17, 15) is 0 Å². The maximum Gasteiger partial charge on any atom is 0.212 e. The minimum atomic E-state index is 0.637. The van der Waals surface area contributed by atoms with Crippen molar-refractivity contribution in [2.75, 3.05) is 5.75 Å². The number of benzene rings is 1. The second-order valence-electron chi connectivity index (χ2n) is 4.90. The van der Waals surface area contributed by atoms with Crippen molar-refractivity contribution in [3.63, 3.8) is 0 Å². The van der Waals surface area contributed by atoms with E-state index in [0.29, 0.717) is 10.8 Å². The number of nitrogens with one attached hydrogen (secondary N) is 1. The molecule has 1 N–H and O–H groups in total. The molecule has 110 valence electrons. The summed E-state index contributed by atoms with van der Waals surface area (Å²) in [6, 6.07) is 9.59. The number of rotatable bonds is 2. The van der Waals surface area contributed by atoms with Crippen LogP contribution < -0.4 is 0 Å². The predicted molar refractivity (Wildman–Crippen MR) is 86.5 cm³/mol. The van der Waals surface area contributed by atoms with Gasteiger partial charge in [-0.1, -0.05) is 35.5 Å². The van der Waals surface area contributed by atoms with Crippen LogP contribution in [0.5, 0.6) is 0 Å². The summed E-state index contributed by atoms with van der Waals surface area (Å²) in [5, 5.41) is 21.7. The van der Waals surface area contributed by atoms with Crippen LogP contribution in [-0.4, -0.2) is 36.5 Å². The first-order valence-electron chi connectivity index (χ1n) is 6.65. The Labute approximate surface area is 135 Å². The molecule has 1 aliphatic heterocycles. The molecule has 3 heterocycles. The van der Waals surface area contributed by atoms with E-state index in [1.54, 1.807) is 16.4 Å². The highest BCUT2D eigenvalue weighted by Crippen LogP contribution is 2.28. The molecule has 0 amide bonds. The van der Waals surface area contributed by atoms with Crippen LogP contribution in [0.25, 0.3) is 11.5 Å². The van der Waals surface area contributed by atoms with E-state index in [4.69, 9.17) is 11.6 Å². The minimum absolute atomic E-state index is 0.637.